The first-order valence-corrected chi connectivity index (χ1v) is 8.75. The Kier molecular flexibility index (Phi) is 6.30. The third-order valence-electron chi connectivity index (χ3n) is 4.15. The molecule has 1 aromatic rings. The van der Waals surface area contributed by atoms with Gasteiger partial charge in [-0.1, -0.05) is 23.2 Å². The van der Waals surface area contributed by atoms with Gasteiger partial charge in [-0.25, -0.2) is 0 Å². The molecule has 1 heterocycles. The first-order valence-electron chi connectivity index (χ1n) is 8.00. The minimum Gasteiger partial charge on any atom is -0.347 e. The van der Waals surface area contributed by atoms with E-state index in [9.17, 15) is 14.4 Å². The molecule has 0 radical (unpaired) electrons. The lowest BCUT2D eigenvalue weighted by atomic mass is 10.1. The third kappa shape index (κ3) is 4.44. The van der Waals surface area contributed by atoms with E-state index in [0.717, 1.165) is 0 Å². The molecule has 136 valence electrons. The second kappa shape index (κ2) is 8.06. The van der Waals surface area contributed by atoms with Crippen LogP contribution < -0.4 is 5.32 Å². The minimum absolute atomic E-state index is 0.206. The molecule has 1 aliphatic heterocycles. The van der Waals surface area contributed by atoms with Crippen LogP contribution in [0.15, 0.2) is 18.2 Å². The summed E-state index contributed by atoms with van der Waals surface area (Å²) in [7, 11) is 3.25. The van der Waals surface area contributed by atoms with Gasteiger partial charge in [-0.15, -0.1) is 0 Å². The molecule has 0 saturated carbocycles. The van der Waals surface area contributed by atoms with E-state index in [-0.39, 0.29) is 28.3 Å². The van der Waals surface area contributed by atoms with Crippen molar-refractivity contribution in [1.29, 1.82) is 0 Å². The summed E-state index contributed by atoms with van der Waals surface area (Å²) in [4.78, 5) is 40.1. The van der Waals surface area contributed by atoms with Crippen molar-refractivity contribution in [3.8, 4) is 0 Å². The maximum atomic E-state index is 12.8. The molecule has 1 aromatic carbocycles. The van der Waals surface area contributed by atoms with Crippen LogP contribution in [0.5, 0.6) is 0 Å². The number of carbonyl (C=O) groups excluding carboxylic acids is 3. The standard InChI is InChI=1S/C17H21Cl2N3O3/c1-10(16(24)21(2)3)20-15(23)14-5-4-8-22(14)17(25)12-9-11(18)6-7-13(12)19/h6-7,9-10,14H,4-5,8H2,1-3H3,(H,20,23). The Labute approximate surface area is 157 Å². The van der Waals surface area contributed by atoms with Gasteiger partial charge in [0.15, 0.2) is 0 Å². The number of carbonyl (C=O) groups is 3. The summed E-state index contributed by atoms with van der Waals surface area (Å²) in [5.41, 5.74) is 0.270. The summed E-state index contributed by atoms with van der Waals surface area (Å²) in [6, 6.07) is 3.37. The van der Waals surface area contributed by atoms with Gasteiger partial charge in [-0.3, -0.25) is 14.4 Å². The van der Waals surface area contributed by atoms with Gasteiger partial charge in [0.2, 0.25) is 11.8 Å². The van der Waals surface area contributed by atoms with Crippen LogP contribution in [0, 0.1) is 0 Å². The summed E-state index contributed by atoms with van der Waals surface area (Å²) in [5, 5.41) is 3.37. The van der Waals surface area contributed by atoms with E-state index < -0.39 is 12.1 Å². The molecule has 6 nitrogen and oxygen atoms in total. The van der Waals surface area contributed by atoms with E-state index in [1.54, 1.807) is 33.2 Å². The van der Waals surface area contributed by atoms with Gasteiger partial charge in [-0.2, -0.15) is 0 Å². The van der Waals surface area contributed by atoms with Gasteiger partial charge < -0.3 is 15.1 Å². The molecule has 25 heavy (non-hydrogen) atoms. The van der Waals surface area contributed by atoms with E-state index in [4.69, 9.17) is 23.2 Å². The summed E-state index contributed by atoms with van der Waals surface area (Å²) < 4.78 is 0. The number of nitrogens with zero attached hydrogens (tertiary/aromatic N) is 2. The average molecular weight is 386 g/mol. The molecule has 1 fully saturated rings. The van der Waals surface area contributed by atoms with Crippen LogP contribution in [0.1, 0.15) is 30.1 Å². The largest absolute Gasteiger partial charge is 0.347 e. The summed E-state index contributed by atoms with van der Waals surface area (Å²) in [6.07, 6.45) is 1.25. The molecular weight excluding hydrogens is 365 g/mol. The Morgan fingerprint density at radius 2 is 1.96 bits per heavy atom. The predicted octanol–water partition coefficient (Wildman–Crippen LogP) is 2.19. The number of amides is 3. The van der Waals surface area contributed by atoms with Crippen molar-refractivity contribution in [2.24, 2.45) is 0 Å². The van der Waals surface area contributed by atoms with Gasteiger partial charge >= 0.3 is 0 Å². The van der Waals surface area contributed by atoms with Crippen molar-refractivity contribution >= 4 is 40.9 Å². The first-order chi connectivity index (χ1) is 11.7. The molecule has 2 rings (SSSR count). The number of likely N-dealkylation sites (tertiary alicyclic amines) is 1. The molecule has 0 spiro atoms. The monoisotopic (exact) mass is 385 g/mol. The minimum atomic E-state index is -0.658. The number of hydrogen-bond acceptors (Lipinski definition) is 3. The normalized spacial score (nSPS) is 18.0. The molecule has 0 aromatic heterocycles. The van der Waals surface area contributed by atoms with Crippen molar-refractivity contribution in [1.82, 2.24) is 15.1 Å². The lowest BCUT2D eigenvalue weighted by molar-refractivity contribution is -0.135. The Bertz CT molecular complexity index is 694. The Hall–Kier alpha value is -1.79. The highest BCUT2D eigenvalue weighted by Crippen LogP contribution is 2.26. The van der Waals surface area contributed by atoms with Crippen LogP contribution in [0.4, 0.5) is 0 Å². The van der Waals surface area contributed by atoms with Crippen molar-refractivity contribution < 1.29 is 14.4 Å². The zero-order chi connectivity index (χ0) is 18.7. The van der Waals surface area contributed by atoms with Gasteiger partial charge in [0, 0.05) is 25.7 Å². The Morgan fingerprint density at radius 3 is 2.60 bits per heavy atom. The van der Waals surface area contributed by atoms with Crippen LogP contribution in [0.25, 0.3) is 0 Å². The van der Waals surface area contributed by atoms with Crippen molar-refractivity contribution in [2.45, 2.75) is 31.8 Å². The van der Waals surface area contributed by atoms with Crippen LogP contribution in [0.3, 0.4) is 0 Å². The highest BCUT2D eigenvalue weighted by molar-refractivity contribution is 6.35. The molecule has 3 amide bonds. The van der Waals surface area contributed by atoms with Crippen LogP contribution in [-0.4, -0.2) is 60.2 Å². The van der Waals surface area contributed by atoms with Crippen LogP contribution in [-0.2, 0) is 9.59 Å². The quantitative estimate of drug-likeness (QED) is 0.863. The molecular formula is C17H21Cl2N3O3. The second-order valence-corrected chi connectivity index (χ2v) is 7.09. The molecule has 1 aliphatic rings. The highest BCUT2D eigenvalue weighted by atomic mass is 35.5. The molecule has 2 unspecified atom stereocenters. The maximum Gasteiger partial charge on any atom is 0.256 e. The zero-order valence-corrected chi connectivity index (χ0v) is 15.9. The van der Waals surface area contributed by atoms with Crippen molar-refractivity contribution in [3.63, 3.8) is 0 Å². The molecule has 1 N–H and O–H groups in total. The fourth-order valence-electron chi connectivity index (χ4n) is 2.86. The van der Waals surface area contributed by atoms with E-state index in [0.29, 0.717) is 24.4 Å². The predicted molar refractivity (Wildman–Crippen MR) is 96.8 cm³/mol. The first kappa shape index (κ1) is 19.5. The number of halogens is 2. The number of benzene rings is 1. The molecule has 0 aliphatic carbocycles. The van der Waals surface area contributed by atoms with E-state index in [1.807, 2.05) is 0 Å². The zero-order valence-electron chi connectivity index (χ0n) is 14.4. The Morgan fingerprint density at radius 1 is 1.28 bits per heavy atom. The van der Waals surface area contributed by atoms with Gasteiger partial charge in [0.05, 0.1) is 10.6 Å². The topological polar surface area (TPSA) is 69.7 Å². The van der Waals surface area contributed by atoms with Gasteiger partial charge in [-0.05, 0) is 38.0 Å². The number of hydrogen-bond donors (Lipinski definition) is 1. The van der Waals surface area contributed by atoms with Crippen molar-refractivity contribution in [3.05, 3.63) is 33.8 Å². The average Bonchev–Trinajstić information content (AvgIpc) is 3.05. The van der Waals surface area contributed by atoms with Gasteiger partial charge in [0.25, 0.3) is 5.91 Å². The number of rotatable bonds is 4. The molecule has 2 atom stereocenters. The SMILES string of the molecule is CC(NC(=O)C1CCCN1C(=O)c1cc(Cl)ccc1Cl)C(=O)N(C)C. The second-order valence-electron chi connectivity index (χ2n) is 6.24. The Balaban J connectivity index is 2.14. The smallest absolute Gasteiger partial charge is 0.256 e. The van der Waals surface area contributed by atoms with Crippen molar-refractivity contribution in [2.75, 3.05) is 20.6 Å². The third-order valence-corrected chi connectivity index (χ3v) is 4.71. The number of nitrogens with one attached hydrogen (secondary N) is 1. The van der Waals surface area contributed by atoms with Crippen LogP contribution >= 0.6 is 23.2 Å². The fourth-order valence-corrected chi connectivity index (χ4v) is 3.23. The van der Waals surface area contributed by atoms with E-state index in [1.165, 1.54) is 15.9 Å². The molecule has 1 saturated heterocycles. The fraction of sp³-hybridized carbons (Fsp3) is 0.471. The maximum absolute atomic E-state index is 12.8. The van der Waals surface area contributed by atoms with Gasteiger partial charge in [0.1, 0.15) is 12.1 Å². The summed E-state index contributed by atoms with van der Waals surface area (Å²) in [5.74, 6) is -0.884. The molecule has 0 bridgehead atoms. The summed E-state index contributed by atoms with van der Waals surface area (Å²) >= 11 is 12.0. The van der Waals surface area contributed by atoms with E-state index >= 15 is 0 Å². The highest BCUT2D eigenvalue weighted by Gasteiger charge is 2.36. The number of likely N-dealkylation sites (N-methyl/N-ethyl adjacent to an activating group) is 1. The lowest BCUT2D eigenvalue weighted by Crippen LogP contribution is -2.51. The molecule has 8 heteroatoms. The van der Waals surface area contributed by atoms with Crippen LogP contribution in [0.2, 0.25) is 10.0 Å². The van der Waals surface area contributed by atoms with E-state index in [2.05, 4.69) is 5.32 Å². The lowest BCUT2D eigenvalue weighted by Gasteiger charge is -2.26. The summed E-state index contributed by atoms with van der Waals surface area (Å²) in [6.45, 7) is 2.07.